The number of nitrogens with one attached hydrogen (secondary N) is 1. The van der Waals surface area contributed by atoms with Crippen LogP contribution in [0, 0.1) is 5.82 Å². The van der Waals surface area contributed by atoms with E-state index < -0.39 is 0 Å². The lowest BCUT2D eigenvalue weighted by atomic mass is 10.1. The van der Waals surface area contributed by atoms with Crippen molar-refractivity contribution in [3.05, 3.63) is 64.4 Å². The van der Waals surface area contributed by atoms with Crippen LogP contribution >= 0.6 is 11.6 Å². The van der Waals surface area contributed by atoms with Crippen molar-refractivity contribution in [2.45, 2.75) is 19.6 Å². The zero-order valence-corrected chi connectivity index (χ0v) is 12.2. The number of rotatable bonds is 5. The van der Waals surface area contributed by atoms with Crippen molar-refractivity contribution in [1.29, 1.82) is 0 Å². The molecule has 1 unspecified atom stereocenters. The summed E-state index contributed by atoms with van der Waals surface area (Å²) in [5.41, 5.74) is 1.53. The van der Waals surface area contributed by atoms with Gasteiger partial charge in [0.1, 0.15) is 18.2 Å². The third-order valence-electron chi connectivity index (χ3n) is 3.19. The van der Waals surface area contributed by atoms with Crippen molar-refractivity contribution in [2.75, 3.05) is 7.05 Å². The van der Waals surface area contributed by atoms with Crippen LogP contribution in [0.25, 0.3) is 0 Å². The van der Waals surface area contributed by atoms with Gasteiger partial charge in [0.25, 0.3) is 0 Å². The third-order valence-corrected chi connectivity index (χ3v) is 3.44. The second-order valence-corrected chi connectivity index (χ2v) is 5.01. The van der Waals surface area contributed by atoms with E-state index in [4.69, 9.17) is 16.3 Å². The van der Waals surface area contributed by atoms with E-state index in [1.165, 1.54) is 6.07 Å². The molecule has 0 aliphatic heterocycles. The molecule has 4 heteroatoms. The summed E-state index contributed by atoms with van der Waals surface area (Å²) in [6.07, 6.45) is 0. The maximum atomic E-state index is 13.9. The Morgan fingerprint density at radius 1 is 1.20 bits per heavy atom. The molecular weight excluding hydrogens is 277 g/mol. The Morgan fingerprint density at radius 2 is 1.90 bits per heavy atom. The number of ether oxygens (including phenoxy) is 1. The molecule has 0 saturated heterocycles. The topological polar surface area (TPSA) is 21.3 Å². The first-order chi connectivity index (χ1) is 9.61. The Kier molecular flexibility index (Phi) is 4.99. The average molecular weight is 294 g/mol. The second-order valence-electron chi connectivity index (χ2n) is 4.58. The first-order valence-electron chi connectivity index (χ1n) is 6.44. The van der Waals surface area contributed by atoms with Gasteiger partial charge in [-0.05, 0) is 43.8 Å². The maximum absolute atomic E-state index is 13.9. The number of halogens is 2. The minimum absolute atomic E-state index is 0.114. The molecule has 0 aliphatic rings. The van der Waals surface area contributed by atoms with Crippen molar-refractivity contribution < 1.29 is 9.13 Å². The Balaban J connectivity index is 2.17. The van der Waals surface area contributed by atoms with Gasteiger partial charge in [-0.25, -0.2) is 4.39 Å². The smallest absolute Gasteiger partial charge is 0.131 e. The molecule has 0 heterocycles. The maximum Gasteiger partial charge on any atom is 0.131 e. The Morgan fingerprint density at radius 3 is 2.55 bits per heavy atom. The number of hydrogen-bond acceptors (Lipinski definition) is 2. The molecular formula is C16H17ClFNO. The van der Waals surface area contributed by atoms with E-state index in [1.807, 2.05) is 31.2 Å². The molecule has 0 radical (unpaired) electrons. The molecule has 106 valence electrons. The van der Waals surface area contributed by atoms with Crippen molar-refractivity contribution in [3.8, 4) is 5.75 Å². The molecule has 1 atom stereocenters. The van der Waals surface area contributed by atoms with Crippen LogP contribution in [-0.2, 0) is 6.61 Å². The highest BCUT2D eigenvalue weighted by atomic mass is 35.5. The lowest BCUT2D eigenvalue weighted by molar-refractivity contribution is 0.297. The van der Waals surface area contributed by atoms with E-state index in [0.29, 0.717) is 22.9 Å². The van der Waals surface area contributed by atoms with Crippen LogP contribution in [0.3, 0.4) is 0 Å². The summed E-state index contributed by atoms with van der Waals surface area (Å²) in [7, 11) is 1.79. The first kappa shape index (κ1) is 14.8. The molecule has 2 nitrogen and oxygen atoms in total. The molecule has 2 aromatic rings. The summed E-state index contributed by atoms with van der Waals surface area (Å²) in [5, 5.41) is 3.71. The Hall–Kier alpha value is -1.58. The predicted molar refractivity (Wildman–Crippen MR) is 79.7 cm³/mol. The van der Waals surface area contributed by atoms with Crippen LogP contribution in [0.4, 0.5) is 4.39 Å². The second kappa shape index (κ2) is 6.73. The van der Waals surface area contributed by atoms with Crippen LogP contribution in [0.15, 0.2) is 42.5 Å². The van der Waals surface area contributed by atoms with Gasteiger partial charge >= 0.3 is 0 Å². The highest BCUT2D eigenvalue weighted by molar-refractivity contribution is 6.30. The largest absolute Gasteiger partial charge is 0.488 e. The molecule has 1 N–H and O–H groups in total. The lowest BCUT2D eigenvalue weighted by Crippen LogP contribution is -2.15. The van der Waals surface area contributed by atoms with E-state index in [0.717, 1.165) is 5.56 Å². The quantitative estimate of drug-likeness (QED) is 0.885. The summed E-state index contributed by atoms with van der Waals surface area (Å²) < 4.78 is 19.7. The molecule has 20 heavy (non-hydrogen) atoms. The summed E-state index contributed by atoms with van der Waals surface area (Å²) in [6, 6.07) is 12.2. The Labute approximate surface area is 123 Å². The van der Waals surface area contributed by atoms with Gasteiger partial charge in [-0.15, -0.1) is 0 Å². The summed E-state index contributed by atoms with van der Waals surface area (Å²) in [5.74, 6) is 0.294. The normalized spacial score (nSPS) is 12.2. The molecule has 0 aliphatic carbocycles. The molecule has 0 saturated carbocycles. The van der Waals surface area contributed by atoms with Gasteiger partial charge in [-0.2, -0.15) is 0 Å². The van der Waals surface area contributed by atoms with E-state index in [-0.39, 0.29) is 11.9 Å². The van der Waals surface area contributed by atoms with Crippen LogP contribution in [0.2, 0.25) is 5.02 Å². The van der Waals surface area contributed by atoms with Crippen molar-refractivity contribution in [3.63, 3.8) is 0 Å². The molecule has 0 spiro atoms. The van der Waals surface area contributed by atoms with Crippen LogP contribution in [0.5, 0.6) is 5.75 Å². The van der Waals surface area contributed by atoms with Crippen molar-refractivity contribution in [1.82, 2.24) is 5.32 Å². The molecule has 0 fully saturated rings. The predicted octanol–water partition coefficient (Wildman–Crippen LogP) is 4.34. The van der Waals surface area contributed by atoms with Gasteiger partial charge in [0.2, 0.25) is 0 Å². The SMILES string of the molecule is CNC(C)c1c(F)cccc1OCc1ccc(Cl)cc1. The molecule has 0 aromatic heterocycles. The lowest BCUT2D eigenvalue weighted by Gasteiger charge is -2.17. The van der Waals surface area contributed by atoms with Crippen molar-refractivity contribution >= 4 is 11.6 Å². The van der Waals surface area contributed by atoms with Crippen LogP contribution in [0.1, 0.15) is 24.1 Å². The number of hydrogen-bond donors (Lipinski definition) is 1. The van der Waals surface area contributed by atoms with E-state index in [1.54, 1.807) is 19.2 Å². The highest BCUT2D eigenvalue weighted by Crippen LogP contribution is 2.28. The van der Waals surface area contributed by atoms with E-state index in [9.17, 15) is 4.39 Å². The summed E-state index contributed by atoms with van der Waals surface area (Å²) in [4.78, 5) is 0. The van der Waals surface area contributed by atoms with Gasteiger partial charge in [-0.1, -0.05) is 29.8 Å². The first-order valence-corrected chi connectivity index (χ1v) is 6.82. The van der Waals surface area contributed by atoms with E-state index >= 15 is 0 Å². The fraction of sp³-hybridized carbons (Fsp3) is 0.250. The molecule has 2 rings (SSSR count). The van der Waals surface area contributed by atoms with Crippen molar-refractivity contribution in [2.24, 2.45) is 0 Å². The minimum atomic E-state index is -0.263. The summed E-state index contributed by atoms with van der Waals surface area (Å²) >= 11 is 5.84. The average Bonchev–Trinajstić information content (AvgIpc) is 2.46. The van der Waals surface area contributed by atoms with Gasteiger partial charge in [-0.3, -0.25) is 0 Å². The fourth-order valence-electron chi connectivity index (χ4n) is 1.95. The number of benzene rings is 2. The van der Waals surface area contributed by atoms with Crippen LogP contribution < -0.4 is 10.1 Å². The fourth-order valence-corrected chi connectivity index (χ4v) is 2.08. The third kappa shape index (κ3) is 3.50. The highest BCUT2D eigenvalue weighted by Gasteiger charge is 2.15. The monoisotopic (exact) mass is 293 g/mol. The van der Waals surface area contributed by atoms with Gasteiger partial charge < -0.3 is 10.1 Å². The summed E-state index contributed by atoms with van der Waals surface area (Å²) in [6.45, 7) is 2.28. The molecule has 0 amide bonds. The molecule has 0 bridgehead atoms. The van der Waals surface area contributed by atoms with Gasteiger partial charge in [0.15, 0.2) is 0 Å². The van der Waals surface area contributed by atoms with Gasteiger partial charge in [0.05, 0.1) is 0 Å². The minimum Gasteiger partial charge on any atom is -0.488 e. The van der Waals surface area contributed by atoms with E-state index in [2.05, 4.69) is 5.32 Å². The zero-order valence-electron chi connectivity index (χ0n) is 11.5. The zero-order chi connectivity index (χ0) is 14.5. The Bertz CT molecular complexity index is 571. The molecule has 2 aromatic carbocycles. The standard InChI is InChI=1S/C16H17ClFNO/c1-11(19-2)16-14(18)4-3-5-15(16)20-10-12-6-8-13(17)9-7-12/h3-9,11,19H,10H2,1-2H3. The van der Waals surface area contributed by atoms with Gasteiger partial charge in [0, 0.05) is 16.6 Å². The van der Waals surface area contributed by atoms with Crippen LogP contribution in [-0.4, -0.2) is 7.05 Å².